The topological polar surface area (TPSA) is 102 Å². The van der Waals surface area contributed by atoms with Gasteiger partial charge in [-0.05, 0) is 17.7 Å². The molecule has 1 amide bonds. The maximum Gasteiger partial charge on any atom is 0.263 e. The number of carbonyl (C=O) groups excluding carboxylic acids is 1. The fourth-order valence-electron chi connectivity index (χ4n) is 2.43. The van der Waals surface area contributed by atoms with Gasteiger partial charge in [0.1, 0.15) is 11.9 Å². The summed E-state index contributed by atoms with van der Waals surface area (Å²) in [4.78, 5) is 16.1. The number of amidine groups is 1. The molecule has 1 heterocycles. The average Bonchev–Trinajstić information content (AvgIpc) is 2.79. The zero-order chi connectivity index (χ0) is 16.4. The second-order valence-corrected chi connectivity index (χ2v) is 6.84. The van der Waals surface area contributed by atoms with E-state index in [-0.39, 0.29) is 10.7 Å². The Morgan fingerprint density at radius 1 is 1.09 bits per heavy atom. The molecule has 0 saturated heterocycles. The Kier molecular flexibility index (Phi) is 3.87. The SMILES string of the molecule is NC(=O)[C@H](Cc1ccccc1)N=C1NS(=O)(=O)c2ccccc21. The number of carbonyl (C=O) groups is 1. The van der Waals surface area contributed by atoms with Gasteiger partial charge in [-0.15, -0.1) is 0 Å². The van der Waals surface area contributed by atoms with Gasteiger partial charge in [-0.3, -0.25) is 14.5 Å². The fourth-order valence-corrected chi connectivity index (χ4v) is 3.67. The lowest BCUT2D eigenvalue weighted by atomic mass is 10.1. The van der Waals surface area contributed by atoms with Gasteiger partial charge in [0, 0.05) is 12.0 Å². The van der Waals surface area contributed by atoms with Crippen LogP contribution in [0.3, 0.4) is 0 Å². The van der Waals surface area contributed by atoms with Crippen LogP contribution in [0.2, 0.25) is 0 Å². The molecule has 0 fully saturated rings. The number of nitrogens with two attached hydrogens (primary N) is 1. The number of primary amides is 1. The highest BCUT2D eigenvalue weighted by molar-refractivity contribution is 7.90. The van der Waals surface area contributed by atoms with E-state index in [4.69, 9.17) is 5.73 Å². The molecule has 2 aromatic rings. The highest BCUT2D eigenvalue weighted by Gasteiger charge is 2.31. The maximum atomic E-state index is 12.1. The van der Waals surface area contributed by atoms with Crippen LogP contribution in [0.25, 0.3) is 0 Å². The molecule has 0 bridgehead atoms. The molecule has 23 heavy (non-hydrogen) atoms. The van der Waals surface area contributed by atoms with Crippen molar-refractivity contribution in [2.45, 2.75) is 17.4 Å². The van der Waals surface area contributed by atoms with Gasteiger partial charge < -0.3 is 5.73 Å². The maximum absolute atomic E-state index is 12.1. The van der Waals surface area contributed by atoms with Crippen molar-refractivity contribution in [2.75, 3.05) is 0 Å². The number of fused-ring (bicyclic) bond motifs is 1. The van der Waals surface area contributed by atoms with Crippen LogP contribution in [0.5, 0.6) is 0 Å². The minimum absolute atomic E-state index is 0.153. The largest absolute Gasteiger partial charge is 0.368 e. The van der Waals surface area contributed by atoms with E-state index in [2.05, 4.69) is 9.71 Å². The third-order valence-corrected chi connectivity index (χ3v) is 4.95. The molecule has 2 aromatic carbocycles. The molecule has 118 valence electrons. The number of hydrogen-bond acceptors (Lipinski definition) is 4. The van der Waals surface area contributed by atoms with E-state index in [1.54, 1.807) is 18.2 Å². The molecule has 0 saturated carbocycles. The molecule has 0 radical (unpaired) electrons. The molecule has 3 rings (SSSR count). The zero-order valence-electron chi connectivity index (χ0n) is 12.1. The Labute approximate surface area is 134 Å². The normalized spacial score (nSPS) is 18.2. The summed E-state index contributed by atoms with van der Waals surface area (Å²) in [5.74, 6) is -0.453. The summed E-state index contributed by atoms with van der Waals surface area (Å²) < 4.78 is 26.5. The highest BCUT2D eigenvalue weighted by Crippen LogP contribution is 2.23. The summed E-state index contributed by atoms with van der Waals surface area (Å²) in [5.41, 5.74) is 6.78. The number of aliphatic imine (C=N–C) groups is 1. The Morgan fingerprint density at radius 2 is 1.74 bits per heavy atom. The van der Waals surface area contributed by atoms with E-state index < -0.39 is 22.0 Å². The van der Waals surface area contributed by atoms with Gasteiger partial charge in [-0.1, -0.05) is 42.5 Å². The lowest BCUT2D eigenvalue weighted by Gasteiger charge is -2.10. The number of hydrogen-bond donors (Lipinski definition) is 2. The smallest absolute Gasteiger partial charge is 0.263 e. The van der Waals surface area contributed by atoms with Gasteiger partial charge in [0.05, 0.1) is 4.90 Å². The van der Waals surface area contributed by atoms with E-state index in [0.29, 0.717) is 12.0 Å². The first kappa shape index (κ1) is 15.2. The van der Waals surface area contributed by atoms with Crippen molar-refractivity contribution in [1.82, 2.24) is 4.72 Å². The Bertz CT molecular complexity index is 876. The van der Waals surface area contributed by atoms with Crippen molar-refractivity contribution < 1.29 is 13.2 Å². The fraction of sp³-hybridized carbons (Fsp3) is 0.125. The van der Waals surface area contributed by atoms with Crippen LogP contribution >= 0.6 is 0 Å². The molecule has 1 atom stereocenters. The Morgan fingerprint density at radius 3 is 2.43 bits per heavy atom. The van der Waals surface area contributed by atoms with Crippen molar-refractivity contribution in [3.63, 3.8) is 0 Å². The van der Waals surface area contributed by atoms with Crippen molar-refractivity contribution in [2.24, 2.45) is 10.7 Å². The number of rotatable bonds is 4. The highest BCUT2D eigenvalue weighted by atomic mass is 32.2. The van der Waals surface area contributed by atoms with E-state index in [9.17, 15) is 13.2 Å². The van der Waals surface area contributed by atoms with E-state index in [0.717, 1.165) is 5.56 Å². The summed E-state index contributed by atoms with van der Waals surface area (Å²) in [6, 6.07) is 15.0. The van der Waals surface area contributed by atoms with Crippen molar-refractivity contribution in [1.29, 1.82) is 0 Å². The van der Waals surface area contributed by atoms with Crippen LogP contribution in [0, 0.1) is 0 Å². The molecular formula is C16H15N3O3S. The van der Waals surface area contributed by atoms with Crippen LogP contribution in [-0.2, 0) is 21.2 Å². The number of nitrogens with zero attached hydrogens (tertiary/aromatic N) is 1. The molecular weight excluding hydrogens is 314 g/mol. The number of benzene rings is 2. The number of nitrogens with one attached hydrogen (secondary N) is 1. The van der Waals surface area contributed by atoms with Crippen LogP contribution in [0.4, 0.5) is 0 Å². The van der Waals surface area contributed by atoms with Crippen LogP contribution in [0.1, 0.15) is 11.1 Å². The minimum atomic E-state index is -3.63. The van der Waals surface area contributed by atoms with E-state index in [1.807, 2.05) is 30.3 Å². The van der Waals surface area contributed by atoms with Crippen LogP contribution in [0.15, 0.2) is 64.5 Å². The van der Waals surface area contributed by atoms with Crippen LogP contribution in [-0.4, -0.2) is 26.2 Å². The first-order valence-electron chi connectivity index (χ1n) is 7.00. The van der Waals surface area contributed by atoms with Gasteiger partial charge in [-0.25, -0.2) is 8.42 Å². The molecule has 6 nitrogen and oxygen atoms in total. The molecule has 0 spiro atoms. The number of sulfonamides is 1. The Hall–Kier alpha value is -2.67. The third kappa shape index (κ3) is 3.09. The van der Waals surface area contributed by atoms with Crippen LogP contribution < -0.4 is 10.5 Å². The lowest BCUT2D eigenvalue weighted by molar-refractivity contribution is -0.119. The van der Waals surface area contributed by atoms with Crippen molar-refractivity contribution in [3.05, 3.63) is 65.7 Å². The molecule has 0 aliphatic carbocycles. The van der Waals surface area contributed by atoms with Gasteiger partial charge in [0.25, 0.3) is 10.0 Å². The van der Waals surface area contributed by atoms with E-state index in [1.165, 1.54) is 6.07 Å². The summed E-state index contributed by atoms with van der Waals surface area (Å²) in [5, 5.41) is 0. The summed E-state index contributed by atoms with van der Waals surface area (Å²) in [7, 11) is -3.63. The molecule has 0 unspecified atom stereocenters. The van der Waals surface area contributed by atoms with Gasteiger partial charge >= 0.3 is 0 Å². The average molecular weight is 329 g/mol. The summed E-state index contributed by atoms with van der Waals surface area (Å²) >= 11 is 0. The molecule has 3 N–H and O–H groups in total. The molecule has 1 aliphatic heterocycles. The van der Waals surface area contributed by atoms with E-state index >= 15 is 0 Å². The third-order valence-electron chi connectivity index (χ3n) is 3.55. The second kappa shape index (κ2) is 5.85. The first-order chi connectivity index (χ1) is 11.0. The second-order valence-electron chi connectivity index (χ2n) is 5.19. The predicted molar refractivity (Wildman–Crippen MR) is 86.4 cm³/mol. The quantitative estimate of drug-likeness (QED) is 0.868. The lowest BCUT2D eigenvalue weighted by Crippen LogP contribution is -2.32. The Balaban J connectivity index is 1.97. The summed E-state index contributed by atoms with van der Waals surface area (Å²) in [6.07, 6.45) is 0.309. The molecule has 7 heteroatoms. The monoisotopic (exact) mass is 329 g/mol. The predicted octanol–water partition coefficient (Wildman–Crippen LogP) is 0.822. The van der Waals surface area contributed by atoms with Gasteiger partial charge in [0.2, 0.25) is 5.91 Å². The summed E-state index contributed by atoms with van der Waals surface area (Å²) in [6.45, 7) is 0. The van der Waals surface area contributed by atoms with Gasteiger partial charge in [0.15, 0.2) is 0 Å². The number of amides is 1. The molecule has 1 aliphatic rings. The first-order valence-corrected chi connectivity index (χ1v) is 8.49. The van der Waals surface area contributed by atoms with Gasteiger partial charge in [-0.2, -0.15) is 0 Å². The van der Waals surface area contributed by atoms with Crippen molar-refractivity contribution >= 4 is 21.8 Å². The standard InChI is InChI=1S/C16H15N3O3S/c17-15(20)13(10-11-6-2-1-3-7-11)18-16-12-8-4-5-9-14(12)23(21,22)19-16/h1-9,13H,10H2,(H2,17,20)(H,18,19)/t13-/m0/s1. The minimum Gasteiger partial charge on any atom is -0.368 e. The zero-order valence-corrected chi connectivity index (χ0v) is 13.0. The van der Waals surface area contributed by atoms with Crippen molar-refractivity contribution in [3.8, 4) is 0 Å². The molecule has 0 aromatic heterocycles.